The van der Waals surface area contributed by atoms with E-state index in [0.717, 1.165) is 38.2 Å². The van der Waals surface area contributed by atoms with Gasteiger partial charge in [-0.15, -0.1) is 0 Å². The third kappa shape index (κ3) is 5.63. The van der Waals surface area contributed by atoms with Crippen molar-refractivity contribution in [2.24, 2.45) is 5.92 Å². The van der Waals surface area contributed by atoms with E-state index in [4.69, 9.17) is 0 Å². The Bertz CT molecular complexity index is 338. The van der Waals surface area contributed by atoms with Gasteiger partial charge in [-0.1, -0.05) is 13.8 Å². The molecular formula is C14H28N4. The van der Waals surface area contributed by atoms with Crippen LogP contribution in [-0.2, 0) is 13.0 Å². The molecule has 0 spiro atoms. The number of hydrogen-bond acceptors (Lipinski definition) is 3. The van der Waals surface area contributed by atoms with Gasteiger partial charge >= 0.3 is 0 Å². The van der Waals surface area contributed by atoms with Crippen LogP contribution in [0.3, 0.4) is 0 Å². The van der Waals surface area contributed by atoms with E-state index in [1.54, 1.807) is 6.33 Å². The van der Waals surface area contributed by atoms with Crippen LogP contribution in [0.15, 0.2) is 6.33 Å². The number of nitrogens with one attached hydrogen (secondary N) is 1. The molecule has 1 aromatic rings. The Kier molecular flexibility index (Phi) is 5.79. The lowest BCUT2D eigenvalue weighted by Crippen LogP contribution is -2.38. The molecule has 0 amide bonds. The van der Waals surface area contributed by atoms with Crippen LogP contribution in [0, 0.1) is 5.92 Å². The highest BCUT2D eigenvalue weighted by molar-refractivity contribution is 4.85. The zero-order valence-corrected chi connectivity index (χ0v) is 12.5. The van der Waals surface area contributed by atoms with Crippen LogP contribution in [0.5, 0.6) is 0 Å². The van der Waals surface area contributed by atoms with Gasteiger partial charge in [0.05, 0.1) is 0 Å². The van der Waals surface area contributed by atoms with Gasteiger partial charge in [-0.05, 0) is 46.1 Å². The Labute approximate surface area is 111 Å². The maximum Gasteiger partial charge on any atom is 0.138 e. The first-order chi connectivity index (χ1) is 8.42. The normalized spacial score (nSPS) is 13.8. The Balaban J connectivity index is 2.33. The summed E-state index contributed by atoms with van der Waals surface area (Å²) in [6.07, 6.45) is 4.96. The highest BCUT2D eigenvalue weighted by Gasteiger charge is 2.12. The van der Waals surface area contributed by atoms with Crippen molar-refractivity contribution >= 4 is 0 Å². The minimum atomic E-state index is 0.205. The highest BCUT2D eigenvalue weighted by Crippen LogP contribution is 2.09. The van der Waals surface area contributed by atoms with Crippen LogP contribution >= 0.6 is 0 Å². The van der Waals surface area contributed by atoms with Crippen LogP contribution < -0.4 is 5.32 Å². The molecule has 104 valence electrons. The number of aryl methyl sites for hydroxylation is 2. The Morgan fingerprint density at radius 1 is 1.39 bits per heavy atom. The summed E-state index contributed by atoms with van der Waals surface area (Å²) in [6.45, 7) is 13.1. The second kappa shape index (κ2) is 6.88. The van der Waals surface area contributed by atoms with E-state index < -0.39 is 0 Å². The van der Waals surface area contributed by atoms with Gasteiger partial charge in [-0.3, -0.25) is 4.68 Å². The van der Waals surface area contributed by atoms with Crippen molar-refractivity contribution in [2.75, 3.05) is 6.54 Å². The molecule has 4 heteroatoms. The fraction of sp³-hybridized carbons (Fsp3) is 0.857. The molecule has 4 nitrogen and oxygen atoms in total. The predicted molar refractivity (Wildman–Crippen MR) is 75.6 cm³/mol. The zero-order valence-electron chi connectivity index (χ0n) is 12.5. The van der Waals surface area contributed by atoms with E-state index in [-0.39, 0.29) is 5.54 Å². The molecule has 0 aromatic carbocycles. The van der Waals surface area contributed by atoms with Gasteiger partial charge in [0.25, 0.3) is 0 Å². The molecule has 1 heterocycles. The van der Waals surface area contributed by atoms with Crippen LogP contribution in [0.25, 0.3) is 0 Å². The average Bonchev–Trinajstić information content (AvgIpc) is 2.71. The molecule has 1 rings (SSSR count). The van der Waals surface area contributed by atoms with Crippen molar-refractivity contribution in [1.29, 1.82) is 0 Å². The van der Waals surface area contributed by atoms with Crippen molar-refractivity contribution < 1.29 is 0 Å². The molecule has 0 fully saturated rings. The molecule has 0 saturated carbocycles. The molecule has 1 aromatic heterocycles. The fourth-order valence-corrected chi connectivity index (χ4v) is 1.84. The van der Waals surface area contributed by atoms with Gasteiger partial charge in [0.15, 0.2) is 0 Å². The van der Waals surface area contributed by atoms with Gasteiger partial charge < -0.3 is 5.32 Å². The van der Waals surface area contributed by atoms with E-state index in [1.807, 2.05) is 4.68 Å². The Hall–Kier alpha value is -0.900. The first kappa shape index (κ1) is 15.2. The van der Waals surface area contributed by atoms with Crippen LogP contribution in [-0.4, -0.2) is 26.8 Å². The topological polar surface area (TPSA) is 42.7 Å². The predicted octanol–water partition coefficient (Wildman–Crippen LogP) is 2.64. The third-order valence-corrected chi connectivity index (χ3v) is 2.97. The molecule has 0 radical (unpaired) electrons. The molecule has 18 heavy (non-hydrogen) atoms. The SMILES string of the molecule is CCCn1ncnc1CCC(C)CNC(C)(C)C. The first-order valence-electron chi connectivity index (χ1n) is 7.04. The molecule has 0 bridgehead atoms. The summed E-state index contributed by atoms with van der Waals surface area (Å²) < 4.78 is 2.03. The Morgan fingerprint density at radius 2 is 2.11 bits per heavy atom. The second-order valence-corrected chi connectivity index (χ2v) is 6.17. The minimum Gasteiger partial charge on any atom is -0.312 e. The number of nitrogens with zero attached hydrogens (tertiary/aromatic N) is 3. The summed E-state index contributed by atoms with van der Waals surface area (Å²) in [7, 11) is 0. The highest BCUT2D eigenvalue weighted by atomic mass is 15.3. The standard InChI is InChI=1S/C14H28N4/c1-6-9-18-13(15-11-17-18)8-7-12(2)10-16-14(3,4)5/h11-12,16H,6-10H2,1-5H3. The van der Waals surface area contributed by atoms with Gasteiger partial charge in [-0.25, -0.2) is 4.98 Å². The summed E-state index contributed by atoms with van der Waals surface area (Å²) in [5.74, 6) is 1.79. The maximum atomic E-state index is 4.35. The van der Waals surface area contributed by atoms with E-state index in [0.29, 0.717) is 5.92 Å². The average molecular weight is 252 g/mol. The monoisotopic (exact) mass is 252 g/mol. The van der Waals surface area contributed by atoms with Gasteiger partial charge in [0, 0.05) is 18.5 Å². The second-order valence-electron chi connectivity index (χ2n) is 6.17. The van der Waals surface area contributed by atoms with Crippen molar-refractivity contribution in [3.63, 3.8) is 0 Å². The molecule has 0 saturated heterocycles. The van der Waals surface area contributed by atoms with E-state index in [2.05, 4.69) is 50.0 Å². The van der Waals surface area contributed by atoms with Gasteiger partial charge in [0.2, 0.25) is 0 Å². The molecule has 1 unspecified atom stereocenters. The number of rotatable bonds is 7. The molecule has 1 N–H and O–H groups in total. The zero-order chi connectivity index (χ0) is 13.6. The molecule has 0 aliphatic heterocycles. The van der Waals surface area contributed by atoms with Crippen molar-refractivity contribution in [1.82, 2.24) is 20.1 Å². The minimum absolute atomic E-state index is 0.205. The van der Waals surface area contributed by atoms with Crippen LogP contribution in [0.1, 0.15) is 53.3 Å². The molecule has 1 atom stereocenters. The summed E-state index contributed by atoms with van der Waals surface area (Å²) >= 11 is 0. The lowest BCUT2D eigenvalue weighted by Gasteiger charge is -2.23. The summed E-state index contributed by atoms with van der Waals surface area (Å²) in [4.78, 5) is 4.35. The maximum absolute atomic E-state index is 4.35. The quantitative estimate of drug-likeness (QED) is 0.811. The number of hydrogen-bond donors (Lipinski definition) is 1. The Morgan fingerprint density at radius 3 is 2.72 bits per heavy atom. The lowest BCUT2D eigenvalue weighted by molar-refractivity contribution is 0.370. The third-order valence-electron chi connectivity index (χ3n) is 2.97. The molecule has 0 aliphatic rings. The van der Waals surface area contributed by atoms with Gasteiger partial charge in [0.1, 0.15) is 12.2 Å². The van der Waals surface area contributed by atoms with Crippen LogP contribution in [0.2, 0.25) is 0 Å². The lowest BCUT2D eigenvalue weighted by atomic mass is 10.0. The summed E-state index contributed by atoms with van der Waals surface area (Å²) in [5, 5.41) is 7.81. The largest absolute Gasteiger partial charge is 0.312 e. The summed E-state index contributed by atoms with van der Waals surface area (Å²) in [6, 6.07) is 0. The first-order valence-corrected chi connectivity index (χ1v) is 7.04. The smallest absolute Gasteiger partial charge is 0.138 e. The van der Waals surface area contributed by atoms with E-state index >= 15 is 0 Å². The van der Waals surface area contributed by atoms with E-state index in [1.165, 1.54) is 0 Å². The van der Waals surface area contributed by atoms with Crippen molar-refractivity contribution in [2.45, 2.75) is 66.0 Å². The number of aromatic nitrogens is 3. The van der Waals surface area contributed by atoms with Crippen molar-refractivity contribution in [3.05, 3.63) is 12.2 Å². The van der Waals surface area contributed by atoms with Crippen molar-refractivity contribution in [3.8, 4) is 0 Å². The summed E-state index contributed by atoms with van der Waals surface area (Å²) in [5.41, 5.74) is 0.205. The molecule has 0 aliphatic carbocycles. The van der Waals surface area contributed by atoms with E-state index in [9.17, 15) is 0 Å². The van der Waals surface area contributed by atoms with Crippen LogP contribution in [0.4, 0.5) is 0 Å². The van der Waals surface area contributed by atoms with Gasteiger partial charge in [-0.2, -0.15) is 5.10 Å². The molecular weight excluding hydrogens is 224 g/mol. The fourth-order valence-electron chi connectivity index (χ4n) is 1.84.